The van der Waals surface area contributed by atoms with E-state index in [0.29, 0.717) is 67.1 Å². The van der Waals surface area contributed by atoms with Gasteiger partial charge in [-0.15, -0.1) is 0 Å². The maximum atomic E-state index is 13.8. The number of esters is 1. The summed E-state index contributed by atoms with van der Waals surface area (Å²) in [7, 11) is -2.64. The molecule has 3 heterocycles. The maximum absolute atomic E-state index is 13.8. The summed E-state index contributed by atoms with van der Waals surface area (Å²) in [5, 5.41) is 3.80. The Morgan fingerprint density at radius 1 is 1.04 bits per heavy atom. The van der Waals surface area contributed by atoms with Crippen molar-refractivity contribution >= 4 is 80.0 Å². The van der Waals surface area contributed by atoms with Gasteiger partial charge in [0.2, 0.25) is 11.3 Å². The Morgan fingerprint density at radius 3 is 2.43 bits per heavy atom. The van der Waals surface area contributed by atoms with Gasteiger partial charge in [-0.05, 0) is 48.2 Å². The Morgan fingerprint density at radius 2 is 1.74 bits per heavy atom. The summed E-state index contributed by atoms with van der Waals surface area (Å²) < 4.78 is 49.9. The molecule has 0 aliphatic carbocycles. The van der Waals surface area contributed by atoms with Gasteiger partial charge in [-0.3, -0.25) is 28.6 Å². The van der Waals surface area contributed by atoms with Gasteiger partial charge in [0.25, 0.3) is 16.0 Å². The number of aromatic nitrogens is 1. The van der Waals surface area contributed by atoms with Crippen molar-refractivity contribution in [2.75, 3.05) is 52.3 Å². The Kier molecular flexibility index (Phi) is 16.2. The van der Waals surface area contributed by atoms with E-state index in [4.69, 9.17) is 30.4 Å². The summed E-state index contributed by atoms with van der Waals surface area (Å²) in [6.45, 7) is 3.67. The predicted molar refractivity (Wildman–Crippen MR) is 200 cm³/mol. The van der Waals surface area contributed by atoms with Crippen LogP contribution in [0.5, 0.6) is 5.75 Å². The molecule has 2 aliphatic heterocycles. The number of hydrogen-bond donors (Lipinski definition) is 2. The van der Waals surface area contributed by atoms with E-state index in [0.717, 1.165) is 24.2 Å². The van der Waals surface area contributed by atoms with E-state index >= 15 is 0 Å². The predicted octanol–water partition coefficient (Wildman–Crippen LogP) is 3.03. The molecule has 2 amide bonds. The van der Waals surface area contributed by atoms with Gasteiger partial charge in [0.05, 0.1) is 36.4 Å². The standard InChI is InChI=1S/C36H45ClN4O10S.Na/c1-39(14-17-52(46,47)48)32(42)6-4-2-3-5-7-33(43)50-24-28-22-41-23-30(36(45)38-20-25-8-10-27(37)11-9-25)35(44)29-18-26(19-31(51-28)34(29)41)21-40-12-15-49-16-13-40;/h8-11,18-19,23,28H,2-7,12-17,20-22,24H2,1H3,(H,38,45)(H,46,47,48);. The summed E-state index contributed by atoms with van der Waals surface area (Å²) in [6, 6.07) is 10.8. The number of carbonyl (C=O) groups excluding carboxylic acids is 3. The number of unbranched alkanes of at least 4 members (excludes halogenated alkanes) is 3. The van der Waals surface area contributed by atoms with Crippen molar-refractivity contribution in [2.24, 2.45) is 0 Å². The quantitative estimate of drug-likeness (QED) is 0.0892. The second kappa shape index (κ2) is 20.1. The Balaban J connectivity index is 0.00000627. The molecule has 1 fully saturated rings. The van der Waals surface area contributed by atoms with Gasteiger partial charge >= 0.3 is 5.97 Å². The third-order valence-electron chi connectivity index (χ3n) is 9.07. The van der Waals surface area contributed by atoms with Gasteiger partial charge in [0.15, 0.2) is 6.10 Å². The monoisotopic (exact) mass is 783 g/mol. The molecule has 53 heavy (non-hydrogen) atoms. The average Bonchev–Trinajstić information content (AvgIpc) is 3.12. The van der Waals surface area contributed by atoms with Crippen LogP contribution in [0.4, 0.5) is 0 Å². The fourth-order valence-electron chi connectivity index (χ4n) is 6.19. The van der Waals surface area contributed by atoms with Crippen molar-refractivity contribution in [1.29, 1.82) is 0 Å². The van der Waals surface area contributed by atoms with Crippen LogP contribution in [0.25, 0.3) is 10.9 Å². The fraction of sp³-hybridized carbons (Fsp3) is 0.500. The van der Waals surface area contributed by atoms with Crippen LogP contribution in [-0.2, 0) is 48.8 Å². The Hall–Kier alpha value is -3.02. The molecule has 1 unspecified atom stereocenters. The minimum atomic E-state index is -4.13. The number of pyridine rings is 1. The summed E-state index contributed by atoms with van der Waals surface area (Å²) in [5.74, 6) is -1.13. The minimum absolute atomic E-state index is 0. The fourth-order valence-corrected chi connectivity index (χ4v) is 6.82. The first kappa shape index (κ1) is 42.7. The molecular formula is C36H45ClN4NaO10S. The third-order valence-corrected chi connectivity index (χ3v) is 10.0. The number of ether oxygens (including phenoxy) is 3. The molecule has 5 rings (SSSR count). The minimum Gasteiger partial charge on any atom is -0.483 e. The van der Waals surface area contributed by atoms with E-state index in [2.05, 4.69) is 10.2 Å². The molecule has 0 spiro atoms. The van der Waals surface area contributed by atoms with Crippen LogP contribution in [0, 0.1) is 0 Å². The molecule has 2 aliphatic rings. The van der Waals surface area contributed by atoms with Crippen LogP contribution >= 0.6 is 11.6 Å². The maximum Gasteiger partial charge on any atom is 0.305 e. The zero-order valence-corrected chi connectivity index (χ0v) is 33.8. The number of amides is 2. The van der Waals surface area contributed by atoms with Crippen LogP contribution in [0.1, 0.15) is 60.0 Å². The molecule has 14 nitrogen and oxygen atoms in total. The molecule has 2 aromatic carbocycles. The molecule has 1 saturated heterocycles. The number of nitrogens with zero attached hydrogens (tertiary/aromatic N) is 3. The summed E-state index contributed by atoms with van der Waals surface area (Å²) in [6.07, 6.45) is 3.98. The van der Waals surface area contributed by atoms with E-state index in [-0.39, 0.29) is 86.1 Å². The number of rotatable bonds is 17. The van der Waals surface area contributed by atoms with Crippen LogP contribution in [0.15, 0.2) is 47.4 Å². The number of carbonyl (C=O) groups is 3. The van der Waals surface area contributed by atoms with Gasteiger partial charge in [-0.2, -0.15) is 8.42 Å². The second-order valence-electron chi connectivity index (χ2n) is 13.2. The molecular weight excluding hydrogens is 739 g/mol. The zero-order valence-electron chi connectivity index (χ0n) is 30.2. The molecule has 283 valence electrons. The molecule has 1 aromatic heterocycles. The van der Waals surface area contributed by atoms with Crippen molar-refractivity contribution in [2.45, 2.75) is 64.3 Å². The zero-order chi connectivity index (χ0) is 37.3. The number of nitrogens with one attached hydrogen (secondary N) is 1. The average molecular weight is 784 g/mol. The second-order valence-corrected chi connectivity index (χ2v) is 15.2. The van der Waals surface area contributed by atoms with Crippen LogP contribution in [0.3, 0.4) is 0 Å². The summed E-state index contributed by atoms with van der Waals surface area (Å²) >= 11 is 5.99. The number of morpholine rings is 1. The van der Waals surface area contributed by atoms with E-state index < -0.39 is 33.3 Å². The van der Waals surface area contributed by atoms with E-state index in [9.17, 15) is 27.6 Å². The molecule has 0 saturated carbocycles. The largest absolute Gasteiger partial charge is 0.483 e. The van der Waals surface area contributed by atoms with Crippen molar-refractivity contribution in [1.82, 2.24) is 19.7 Å². The first-order valence-electron chi connectivity index (χ1n) is 17.4. The van der Waals surface area contributed by atoms with Crippen LogP contribution < -0.4 is 15.5 Å². The van der Waals surface area contributed by atoms with E-state index in [1.165, 1.54) is 11.9 Å². The van der Waals surface area contributed by atoms with Gasteiger partial charge in [0.1, 0.15) is 17.9 Å². The third kappa shape index (κ3) is 12.8. The molecule has 2 N–H and O–H groups in total. The summed E-state index contributed by atoms with van der Waals surface area (Å²) in [4.78, 5) is 55.5. The van der Waals surface area contributed by atoms with Gasteiger partial charge in [-0.1, -0.05) is 36.6 Å². The number of hydrogen-bond acceptors (Lipinski definition) is 10. The van der Waals surface area contributed by atoms with Crippen LogP contribution in [-0.4, -0.2) is 133 Å². The number of halogens is 1. The normalized spacial score (nSPS) is 15.6. The first-order chi connectivity index (χ1) is 24.9. The van der Waals surface area contributed by atoms with Crippen molar-refractivity contribution in [3.8, 4) is 5.75 Å². The van der Waals surface area contributed by atoms with Crippen molar-refractivity contribution in [3.63, 3.8) is 0 Å². The van der Waals surface area contributed by atoms with E-state index in [1.54, 1.807) is 30.5 Å². The Bertz CT molecular complexity index is 1920. The molecule has 1 atom stereocenters. The van der Waals surface area contributed by atoms with Gasteiger partial charge < -0.3 is 29.0 Å². The molecule has 0 bridgehead atoms. The van der Waals surface area contributed by atoms with Crippen LogP contribution in [0.2, 0.25) is 5.02 Å². The topological polar surface area (TPSA) is 174 Å². The van der Waals surface area contributed by atoms with Gasteiger partial charge in [0, 0.05) is 93.4 Å². The number of benzene rings is 2. The van der Waals surface area contributed by atoms with Gasteiger partial charge in [-0.25, -0.2) is 0 Å². The smallest absolute Gasteiger partial charge is 0.305 e. The molecule has 17 heteroatoms. The molecule has 3 aromatic rings. The molecule has 1 radical (unpaired) electrons. The van der Waals surface area contributed by atoms with Crippen molar-refractivity contribution < 1.29 is 41.6 Å². The van der Waals surface area contributed by atoms with E-state index in [1.807, 2.05) is 16.7 Å². The Labute approximate surface area is 336 Å². The summed E-state index contributed by atoms with van der Waals surface area (Å²) in [5.41, 5.74) is 1.87. The van der Waals surface area contributed by atoms with Crippen molar-refractivity contribution in [3.05, 3.63) is 74.5 Å². The SMILES string of the molecule is CN(CCS(=O)(=O)O)C(=O)CCCCCCC(=O)OCC1Cn2cc(C(=O)NCc3ccc(Cl)cc3)c(=O)c3cc(CN4CCOCC4)cc(c32)O1.[Na]. The first-order valence-corrected chi connectivity index (χ1v) is 19.4.